The standard InChI is InChI=1S/C16H32N2O/c1-6-8-9-18-11-13(7-2)10-14(12-18)17-15(19)16(3,4)5/h13-14H,6-12H2,1-5H3,(H,17,19). The van der Waals surface area contributed by atoms with Gasteiger partial charge >= 0.3 is 0 Å². The number of nitrogens with one attached hydrogen (secondary N) is 1. The smallest absolute Gasteiger partial charge is 0.225 e. The molecule has 3 heteroatoms. The van der Waals surface area contributed by atoms with Crippen molar-refractivity contribution >= 4 is 5.91 Å². The Morgan fingerprint density at radius 1 is 1.26 bits per heavy atom. The van der Waals surface area contributed by atoms with E-state index >= 15 is 0 Å². The first kappa shape index (κ1) is 16.5. The lowest BCUT2D eigenvalue weighted by Crippen LogP contribution is -2.52. The van der Waals surface area contributed by atoms with E-state index in [0.29, 0.717) is 6.04 Å². The van der Waals surface area contributed by atoms with Crippen LogP contribution in [0.3, 0.4) is 0 Å². The number of rotatable bonds is 5. The molecule has 1 rings (SSSR count). The molecule has 3 nitrogen and oxygen atoms in total. The molecule has 0 aromatic rings. The van der Waals surface area contributed by atoms with Crippen LogP contribution in [0.15, 0.2) is 0 Å². The number of hydrogen-bond donors (Lipinski definition) is 1. The third-order valence-corrected chi connectivity index (χ3v) is 4.03. The number of amides is 1. The minimum absolute atomic E-state index is 0.185. The van der Waals surface area contributed by atoms with Gasteiger partial charge in [0.05, 0.1) is 0 Å². The van der Waals surface area contributed by atoms with E-state index < -0.39 is 0 Å². The summed E-state index contributed by atoms with van der Waals surface area (Å²) in [5, 5.41) is 3.25. The van der Waals surface area contributed by atoms with Gasteiger partial charge in [0.2, 0.25) is 5.91 Å². The molecule has 112 valence electrons. The van der Waals surface area contributed by atoms with E-state index in [1.54, 1.807) is 0 Å². The summed E-state index contributed by atoms with van der Waals surface area (Å²) in [7, 11) is 0. The van der Waals surface area contributed by atoms with Crippen LogP contribution in [0.25, 0.3) is 0 Å². The molecule has 0 bridgehead atoms. The van der Waals surface area contributed by atoms with E-state index in [9.17, 15) is 4.79 Å². The van der Waals surface area contributed by atoms with Gasteiger partial charge in [-0.2, -0.15) is 0 Å². The average molecular weight is 268 g/mol. The molecule has 0 aromatic carbocycles. The number of piperidine rings is 1. The molecule has 1 fully saturated rings. The molecular weight excluding hydrogens is 236 g/mol. The van der Waals surface area contributed by atoms with Crippen molar-refractivity contribution in [1.82, 2.24) is 10.2 Å². The fraction of sp³-hybridized carbons (Fsp3) is 0.938. The maximum atomic E-state index is 12.1. The van der Waals surface area contributed by atoms with Crippen LogP contribution in [0, 0.1) is 11.3 Å². The van der Waals surface area contributed by atoms with Gasteiger partial charge in [0.1, 0.15) is 0 Å². The van der Waals surface area contributed by atoms with Crippen molar-refractivity contribution in [2.45, 2.75) is 66.3 Å². The van der Waals surface area contributed by atoms with Gasteiger partial charge in [0.25, 0.3) is 0 Å². The van der Waals surface area contributed by atoms with Crippen LogP contribution in [0.2, 0.25) is 0 Å². The summed E-state index contributed by atoms with van der Waals surface area (Å²) in [6.45, 7) is 13.9. The summed E-state index contributed by atoms with van der Waals surface area (Å²) >= 11 is 0. The molecule has 2 atom stereocenters. The normalized spacial score (nSPS) is 25.3. The van der Waals surface area contributed by atoms with Crippen molar-refractivity contribution in [3.8, 4) is 0 Å². The maximum absolute atomic E-state index is 12.1. The quantitative estimate of drug-likeness (QED) is 0.831. The molecule has 1 aliphatic heterocycles. The predicted molar refractivity (Wildman–Crippen MR) is 81.1 cm³/mol. The number of carbonyl (C=O) groups is 1. The Morgan fingerprint density at radius 2 is 1.95 bits per heavy atom. The van der Waals surface area contributed by atoms with Gasteiger partial charge in [-0.1, -0.05) is 47.5 Å². The van der Waals surface area contributed by atoms with Gasteiger partial charge in [0.15, 0.2) is 0 Å². The number of hydrogen-bond acceptors (Lipinski definition) is 2. The summed E-state index contributed by atoms with van der Waals surface area (Å²) in [6.07, 6.45) is 4.86. The second-order valence-electron chi connectivity index (χ2n) is 7.04. The van der Waals surface area contributed by atoms with E-state index in [4.69, 9.17) is 0 Å². The molecule has 1 amide bonds. The zero-order valence-corrected chi connectivity index (χ0v) is 13.5. The largest absolute Gasteiger partial charge is 0.352 e. The molecule has 1 aliphatic rings. The van der Waals surface area contributed by atoms with Crippen LogP contribution in [0.1, 0.15) is 60.3 Å². The van der Waals surface area contributed by atoms with Gasteiger partial charge in [-0.05, 0) is 25.3 Å². The first-order chi connectivity index (χ1) is 8.86. The van der Waals surface area contributed by atoms with Gasteiger partial charge in [-0.25, -0.2) is 0 Å². The fourth-order valence-electron chi connectivity index (χ4n) is 2.67. The molecule has 0 aliphatic carbocycles. The molecule has 0 saturated carbocycles. The SMILES string of the molecule is CCCCN1CC(CC)CC(NC(=O)C(C)(C)C)C1. The van der Waals surface area contributed by atoms with Crippen LogP contribution in [-0.2, 0) is 4.79 Å². The monoisotopic (exact) mass is 268 g/mol. The number of likely N-dealkylation sites (tertiary alicyclic amines) is 1. The van der Waals surface area contributed by atoms with Crippen LogP contribution >= 0.6 is 0 Å². The summed E-state index contributed by atoms with van der Waals surface area (Å²) in [5.41, 5.74) is -0.284. The number of unbranched alkanes of at least 4 members (excludes halogenated alkanes) is 1. The number of carbonyl (C=O) groups excluding carboxylic acids is 1. The third-order valence-electron chi connectivity index (χ3n) is 4.03. The van der Waals surface area contributed by atoms with E-state index in [0.717, 1.165) is 18.9 Å². The first-order valence-electron chi connectivity index (χ1n) is 7.90. The van der Waals surface area contributed by atoms with Gasteiger partial charge < -0.3 is 10.2 Å². The van der Waals surface area contributed by atoms with E-state index in [-0.39, 0.29) is 11.3 Å². The molecule has 1 heterocycles. The predicted octanol–water partition coefficient (Wildman–Crippen LogP) is 3.05. The van der Waals surface area contributed by atoms with Gasteiger partial charge in [-0.3, -0.25) is 4.79 Å². The van der Waals surface area contributed by atoms with Crippen LogP contribution in [-0.4, -0.2) is 36.5 Å². The topological polar surface area (TPSA) is 32.3 Å². The Morgan fingerprint density at radius 3 is 2.47 bits per heavy atom. The highest BCUT2D eigenvalue weighted by Gasteiger charge is 2.30. The third kappa shape index (κ3) is 5.52. The van der Waals surface area contributed by atoms with Crippen molar-refractivity contribution < 1.29 is 4.79 Å². The van der Waals surface area contributed by atoms with Gasteiger partial charge in [0, 0.05) is 24.5 Å². The maximum Gasteiger partial charge on any atom is 0.225 e. The van der Waals surface area contributed by atoms with Crippen molar-refractivity contribution in [2.75, 3.05) is 19.6 Å². The van der Waals surface area contributed by atoms with Crippen LogP contribution < -0.4 is 5.32 Å². The fourth-order valence-corrected chi connectivity index (χ4v) is 2.67. The summed E-state index contributed by atoms with van der Waals surface area (Å²) in [6, 6.07) is 0.335. The van der Waals surface area contributed by atoms with Crippen molar-refractivity contribution in [1.29, 1.82) is 0 Å². The molecule has 0 spiro atoms. The molecule has 19 heavy (non-hydrogen) atoms. The zero-order valence-electron chi connectivity index (χ0n) is 13.5. The lowest BCUT2D eigenvalue weighted by atomic mass is 9.90. The number of nitrogens with zero attached hydrogens (tertiary/aromatic N) is 1. The highest BCUT2D eigenvalue weighted by molar-refractivity contribution is 5.81. The molecular formula is C16H32N2O. The van der Waals surface area contributed by atoms with Crippen molar-refractivity contribution in [3.63, 3.8) is 0 Å². The average Bonchev–Trinajstić information content (AvgIpc) is 2.34. The summed E-state index contributed by atoms with van der Waals surface area (Å²) in [5.74, 6) is 0.917. The van der Waals surface area contributed by atoms with Crippen LogP contribution in [0.5, 0.6) is 0 Å². The molecule has 0 radical (unpaired) electrons. The zero-order chi connectivity index (χ0) is 14.5. The highest BCUT2D eigenvalue weighted by Crippen LogP contribution is 2.22. The van der Waals surface area contributed by atoms with E-state index in [1.807, 2.05) is 20.8 Å². The Labute approximate surface area is 119 Å². The van der Waals surface area contributed by atoms with E-state index in [1.165, 1.54) is 32.4 Å². The Balaban J connectivity index is 2.54. The van der Waals surface area contributed by atoms with Crippen molar-refractivity contribution in [3.05, 3.63) is 0 Å². The van der Waals surface area contributed by atoms with Crippen LogP contribution in [0.4, 0.5) is 0 Å². The minimum atomic E-state index is -0.284. The first-order valence-corrected chi connectivity index (χ1v) is 7.90. The lowest BCUT2D eigenvalue weighted by molar-refractivity contribution is -0.129. The Hall–Kier alpha value is -0.570. The van der Waals surface area contributed by atoms with E-state index in [2.05, 4.69) is 24.1 Å². The second kappa shape index (κ2) is 7.28. The second-order valence-corrected chi connectivity index (χ2v) is 7.04. The summed E-state index contributed by atoms with van der Waals surface area (Å²) in [4.78, 5) is 14.7. The summed E-state index contributed by atoms with van der Waals surface area (Å²) < 4.78 is 0. The lowest BCUT2D eigenvalue weighted by Gasteiger charge is -2.38. The molecule has 1 N–H and O–H groups in total. The Bertz CT molecular complexity index is 283. The van der Waals surface area contributed by atoms with Gasteiger partial charge in [-0.15, -0.1) is 0 Å². The minimum Gasteiger partial charge on any atom is -0.352 e. The molecule has 1 saturated heterocycles. The van der Waals surface area contributed by atoms with Crippen molar-refractivity contribution in [2.24, 2.45) is 11.3 Å². The molecule has 2 unspecified atom stereocenters. The molecule has 0 aromatic heterocycles. The Kier molecular flexibility index (Phi) is 6.31. The highest BCUT2D eigenvalue weighted by atomic mass is 16.2.